The first kappa shape index (κ1) is 29.7. The molecule has 0 radical (unpaired) electrons. The summed E-state index contributed by atoms with van der Waals surface area (Å²) in [6.07, 6.45) is 0.320. The maximum atomic E-state index is 14.3. The average molecular weight is 717 g/mol. The average Bonchev–Trinajstić information content (AvgIpc) is 3.48. The van der Waals surface area contributed by atoms with Crippen molar-refractivity contribution >= 4 is 54.4 Å². The van der Waals surface area contributed by atoms with Crippen molar-refractivity contribution in [2.75, 3.05) is 21.3 Å². The second-order valence-electron chi connectivity index (χ2n) is 10.1. The first-order chi connectivity index (χ1) is 21.3. The highest BCUT2D eigenvalue weighted by Gasteiger charge is 2.36. The number of aromatic amines is 1. The van der Waals surface area contributed by atoms with Gasteiger partial charge in [0.2, 0.25) is 5.75 Å². The molecule has 0 unspecified atom stereocenters. The molecule has 10 heteroatoms. The molecule has 0 saturated heterocycles. The van der Waals surface area contributed by atoms with Crippen molar-refractivity contribution < 1.29 is 19.0 Å². The molecule has 0 bridgehead atoms. The van der Waals surface area contributed by atoms with Gasteiger partial charge in [0.15, 0.2) is 11.5 Å². The summed E-state index contributed by atoms with van der Waals surface area (Å²) in [5.74, 6) is 0.694. The molecule has 4 aromatic carbocycles. The molecular formula is C34H27Br2N3O5. The molecule has 0 saturated carbocycles. The normalized spacial score (nSPS) is 14.4. The molecule has 1 atom stereocenters. The molecule has 0 spiro atoms. The van der Waals surface area contributed by atoms with Crippen LogP contribution in [0, 0.1) is 0 Å². The van der Waals surface area contributed by atoms with Crippen molar-refractivity contribution in [2.45, 2.75) is 12.5 Å². The summed E-state index contributed by atoms with van der Waals surface area (Å²) in [5.41, 5.74) is 4.13. The van der Waals surface area contributed by atoms with Crippen LogP contribution in [0.1, 0.15) is 33.9 Å². The number of amides is 1. The molecular weight excluding hydrogens is 690 g/mol. The smallest absolute Gasteiger partial charge is 0.274 e. The van der Waals surface area contributed by atoms with E-state index in [1.54, 1.807) is 12.1 Å². The molecule has 1 N–H and O–H groups in total. The van der Waals surface area contributed by atoms with Gasteiger partial charge in [0.05, 0.1) is 38.6 Å². The molecule has 0 fully saturated rings. The summed E-state index contributed by atoms with van der Waals surface area (Å²) in [6.45, 7) is 0. The third-order valence-corrected chi connectivity index (χ3v) is 8.63. The maximum Gasteiger partial charge on any atom is 0.274 e. The highest BCUT2D eigenvalue weighted by Crippen LogP contribution is 2.41. The highest BCUT2D eigenvalue weighted by molar-refractivity contribution is 9.10. The zero-order valence-electron chi connectivity index (χ0n) is 24.1. The van der Waals surface area contributed by atoms with Gasteiger partial charge in [0.25, 0.3) is 11.5 Å². The molecule has 1 aliphatic heterocycles. The number of nitrogens with zero attached hydrogens (tertiary/aromatic N) is 2. The number of hydrogen-bond acceptors (Lipinski definition) is 6. The minimum absolute atomic E-state index is 0.283. The molecule has 222 valence electrons. The lowest BCUT2D eigenvalue weighted by atomic mass is 9.91. The quantitative estimate of drug-likeness (QED) is 0.186. The third kappa shape index (κ3) is 5.39. The lowest BCUT2D eigenvalue weighted by Crippen LogP contribution is -2.27. The second-order valence-corrected chi connectivity index (χ2v) is 12.0. The number of benzene rings is 4. The van der Waals surface area contributed by atoms with Crippen molar-refractivity contribution in [3.8, 4) is 28.4 Å². The van der Waals surface area contributed by atoms with Gasteiger partial charge in [0, 0.05) is 37.4 Å². The fourth-order valence-electron chi connectivity index (χ4n) is 5.58. The van der Waals surface area contributed by atoms with Crippen molar-refractivity contribution in [3.05, 3.63) is 121 Å². The summed E-state index contributed by atoms with van der Waals surface area (Å²) in [4.78, 5) is 31.2. The van der Waals surface area contributed by atoms with Crippen molar-refractivity contribution in [2.24, 2.45) is 5.10 Å². The lowest BCUT2D eigenvalue weighted by molar-refractivity contribution is 0.0710. The summed E-state index contributed by atoms with van der Waals surface area (Å²) in [6, 6.07) is 26.0. The van der Waals surface area contributed by atoms with Crippen molar-refractivity contribution in [1.29, 1.82) is 0 Å². The van der Waals surface area contributed by atoms with Crippen LogP contribution in [0.4, 0.5) is 0 Å². The largest absolute Gasteiger partial charge is 0.493 e. The molecule has 2 heterocycles. The van der Waals surface area contributed by atoms with Crippen molar-refractivity contribution in [3.63, 3.8) is 0 Å². The van der Waals surface area contributed by atoms with Gasteiger partial charge in [-0.3, -0.25) is 9.59 Å². The van der Waals surface area contributed by atoms with Gasteiger partial charge in [-0.1, -0.05) is 74.3 Å². The van der Waals surface area contributed by atoms with Crippen LogP contribution < -0.4 is 19.8 Å². The predicted molar refractivity (Wildman–Crippen MR) is 178 cm³/mol. The minimum Gasteiger partial charge on any atom is -0.493 e. The van der Waals surface area contributed by atoms with E-state index in [2.05, 4.69) is 36.8 Å². The van der Waals surface area contributed by atoms with E-state index in [4.69, 9.17) is 19.3 Å². The fraction of sp³-hybridized carbons (Fsp3) is 0.147. The van der Waals surface area contributed by atoms with Crippen LogP contribution in [-0.2, 0) is 0 Å². The number of carbonyl (C=O) groups excluding carboxylic acids is 1. The first-order valence-electron chi connectivity index (χ1n) is 13.7. The standard InChI is InChI=1S/C34H27Br2N3O5/c1-42-28-15-21(16-29(43-2)32(28)44-3)34(41)39-27(19-9-11-22(35)12-10-19)18-26(38-39)31-30(20-7-5-4-6-8-20)24-17-23(36)13-14-25(24)37-33(31)40/h4-17,27H,18H2,1-3H3,(H,37,40)/t27-/m1/s1. The minimum atomic E-state index is -0.481. The molecule has 1 aliphatic rings. The van der Waals surface area contributed by atoms with E-state index in [0.717, 1.165) is 31.0 Å². The number of methoxy groups -OCH3 is 3. The monoisotopic (exact) mass is 715 g/mol. The van der Waals surface area contributed by atoms with Crippen molar-refractivity contribution in [1.82, 2.24) is 9.99 Å². The summed E-state index contributed by atoms with van der Waals surface area (Å²) in [7, 11) is 4.50. The van der Waals surface area contributed by atoms with Crippen LogP contribution in [0.15, 0.2) is 104 Å². The molecule has 1 aromatic heterocycles. The lowest BCUT2D eigenvalue weighted by Gasteiger charge is -2.23. The first-order valence-corrected chi connectivity index (χ1v) is 15.3. The van der Waals surface area contributed by atoms with Crippen LogP contribution in [-0.4, -0.2) is 42.9 Å². The van der Waals surface area contributed by atoms with Crippen LogP contribution in [0.3, 0.4) is 0 Å². The SMILES string of the molecule is COc1cc(C(=O)N2N=C(c3c(-c4ccccc4)c4cc(Br)ccc4[nH]c3=O)C[C@@H]2c2ccc(Br)cc2)cc(OC)c1OC. The number of nitrogens with one attached hydrogen (secondary N) is 1. The summed E-state index contributed by atoms with van der Waals surface area (Å²) >= 11 is 7.10. The van der Waals surface area contributed by atoms with E-state index >= 15 is 0 Å². The summed E-state index contributed by atoms with van der Waals surface area (Å²) < 4.78 is 18.3. The Labute approximate surface area is 270 Å². The van der Waals surface area contributed by atoms with Gasteiger partial charge in [-0.2, -0.15) is 5.10 Å². The number of carbonyl (C=O) groups is 1. The zero-order chi connectivity index (χ0) is 31.0. The molecule has 6 rings (SSSR count). The molecule has 1 amide bonds. The van der Waals surface area contributed by atoms with E-state index in [1.165, 1.54) is 26.3 Å². The molecule has 8 nitrogen and oxygen atoms in total. The van der Waals surface area contributed by atoms with E-state index in [1.807, 2.05) is 72.8 Å². The van der Waals surface area contributed by atoms with Gasteiger partial charge in [-0.25, -0.2) is 5.01 Å². The van der Waals surface area contributed by atoms with E-state index in [-0.39, 0.29) is 11.5 Å². The third-order valence-electron chi connectivity index (χ3n) is 7.61. The van der Waals surface area contributed by atoms with Crippen LogP contribution in [0.2, 0.25) is 0 Å². The van der Waals surface area contributed by atoms with Crippen LogP contribution >= 0.6 is 31.9 Å². The van der Waals surface area contributed by atoms with E-state index in [0.29, 0.717) is 46.0 Å². The van der Waals surface area contributed by atoms with Crippen LogP contribution in [0.5, 0.6) is 17.2 Å². The Balaban J connectivity index is 1.56. The number of hydrazone groups is 1. The van der Waals surface area contributed by atoms with Gasteiger partial charge in [-0.05, 0) is 53.6 Å². The van der Waals surface area contributed by atoms with Gasteiger partial charge >= 0.3 is 0 Å². The Morgan fingerprint density at radius 1 is 0.841 bits per heavy atom. The second kappa shape index (κ2) is 12.3. The van der Waals surface area contributed by atoms with Gasteiger partial charge in [0.1, 0.15) is 0 Å². The Morgan fingerprint density at radius 3 is 2.14 bits per heavy atom. The summed E-state index contributed by atoms with van der Waals surface area (Å²) in [5, 5.41) is 7.19. The van der Waals surface area contributed by atoms with E-state index in [9.17, 15) is 9.59 Å². The Kier molecular flexibility index (Phi) is 8.29. The van der Waals surface area contributed by atoms with E-state index < -0.39 is 6.04 Å². The van der Waals surface area contributed by atoms with Crippen LogP contribution in [0.25, 0.3) is 22.0 Å². The van der Waals surface area contributed by atoms with Gasteiger partial charge < -0.3 is 19.2 Å². The highest BCUT2D eigenvalue weighted by atomic mass is 79.9. The fourth-order valence-corrected chi connectivity index (χ4v) is 6.20. The number of hydrogen-bond donors (Lipinski definition) is 1. The number of H-pyrrole nitrogens is 1. The number of ether oxygens (including phenoxy) is 3. The number of aromatic nitrogens is 1. The number of rotatable bonds is 7. The molecule has 0 aliphatic carbocycles. The molecule has 44 heavy (non-hydrogen) atoms. The Hall–Kier alpha value is -4.41. The predicted octanol–water partition coefficient (Wildman–Crippen LogP) is 7.74. The molecule has 5 aromatic rings. The number of halogens is 2. The number of fused-ring (bicyclic) bond motifs is 1. The van der Waals surface area contributed by atoms with Gasteiger partial charge in [-0.15, -0.1) is 0 Å². The maximum absolute atomic E-state index is 14.3. The number of pyridine rings is 1. The topological polar surface area (TPSA) is 93.2 Å². The zero-order valence-corrected chi connectivity index (χ0v) is 27.2. The Morgan fingerprint density at radius 2 is 1.50 bits per heavy atom. The Bertz CT molecular complexity index is 1950.